The lowest BCUT2D eigenvalue weighted by Crippen LogP contribution is -2.53. The van der Waals surface area contributed by atoms with Crippen LogP contribution in [-0.2, 0) is 26.2 Å². The van der Waals surface area contributed by atoms with E-state index in [2.05, 4.69) is 5.32 Å². The average Bonchev–Trinajstić information content (AvgIpc) is 2.91. The highest BCUT2D eigenvalue weighted by Crippen LogP contribution is 2.29. The predicted molar refractivity (Wildman–Crippen MR) is 158 cm³/mol. The molecule has 1 fully saturated rings. The van der Waals surface area contributed by atoms with Crippen molar-refractivity contribution >= 4 is 61.5 Å². The molecule has 208 valence electrons. The van der Waals surface area contributed by atoms with Crippen molar-refractivity contribution in [1.29, 1.82) is 0 Å². The summed E-state index contributed by atoms with van der Waals surface area (Å²) >= 11 is 12.3. The molecule has 1 atom stereocenters. The number of hydrogen-bond acceptors (Lipinski definition) is 4. The van der Waals surface area contributed by atoms with E-state index >= 15 is 0 Å². The van der Waals surface area contributed by atoms with Crippen molar-refractivity contribution in [1.82, 2.24) is 10.2 Å². The molecule has 0 bridgehead atoms. The van der Waals surface area contributed by atoms with Crippen LogP contribution in [0.5, 0.6) is 0 Å². The normalized spacial score (nSPS) is 15.1. The molecule has 0 radical (unpaired) electrons. The molecule has 7 nitrogen and oxygen atoms in total. The molecule has 1 saturated carbocycles. The number of anilines is 1. The quantitative estimate of drug-likeness (QED) is 0.343. The van der Waals surface area contributed by atoms with E-state index in [0.717, 1.165) is 48.1 Å². The molecule has 1 aliphatic rings. The van der Waals surface area contributed by atoms with Crippen molar-refractivity contribution in [3.63, 3.8) is 0 Å². The van der Waals surface area contributed by atoms with Gasteiger partial charge in [-0.25, -0.2) is 8.42 Å². The van der Waals surface area contributed by atoms with Crippen molar-refractivity contribution in [2.45, 2.75) is 57.7 Å². The van der Waals surface area contributed by atoms with Gasteiger partial charge in [0.25, 0.3) is 0 Å². The zero-order chi connectivity index (χ0) is 28.2. The summed E-state index contributed by atoms with van der Waals surface area (Å²) < 4.78 is 27.1. The summed E-state index contributed by atoms with van der Waals surface area (Å²) in [6.07, 6.45) is 6.15. The number of halogens is 2. The first-order valence-corrected chi connectivity index (χ1v) is 15.6. The number of benzene rings is 3. The summed E-state index contributed by atoms with van der Waals surface area (Å²) in [4.78, 5) is 28.6. The smallest absolute Gasteiger partial charge is 0.244 e. The summed E-state index contributed by atoms with van der Waals surface area (Å²) in [6, 6.07) is 17.0. The van der Waals surface area contributed by atoms with E-state index in [4.69, 9.17) is 23.2 Å². The Morgan fingerprint density at radius 2 is 1.67 bits per heavy atom. The molecule has 0 aromatic heterocycles. The van der Waals surface area contributed by atoms with E-state index in [0.29, 0.717) is 26.7 Å². The van der Waals surface area contributed by atoms with E-state index in [-0.39, 0.29) is 18.5 Å². The largest absolute Gasteiger partial charge is 0.352 e. The zero-order valence-corrected chi connectivity index (χ0v) is 24.4. The van der Waals surface area contributed by atoms with Gasteiger partial charge in [-0.05, 0) is 48.9 Å². The Kier molecular flexibility index (Phi) is 9.41. The molecule has 0 heterocycles. The zero-order valence-electron chi connectivity index (χ0n) is 22.1. The summed E-state index contributed by atoms with van der Waals surface area (Å²) in [5.74, 6) is -0.780. The van der Waals surface area contributed by atoms with Gasteiger partial charge < -0.3 is 10.2 Å². The van der Waals surface area contributed by atoms with Crippen LogP contribution in [-0.4, -0.2) is 50.0 Å². The predicted octanol–water partition coefficient (Wildman–Crippen LogP) is 5.78. The van der Waals surface area contributed by atoms with Crippen LogP contribution in [0.25, 0.3) is 10.8 Å². The molecule has 4 rings (SSSR count). The lowest BCUT2D eigenvalue weighted by molar-refractivity contribution is -0.139. The summed E-state index contributed by atoms with van der Waals surface area (Å²) in [5.41, 5.74) is 1.07. The second-order valence-electron chi connectivity index (χ2n) is 10.1. The molecule has 0 unspecified atom stereocenters. The molecular formula is C29H33Cl2N3O4S. The van der Waals surface area contributed by atoms with Crippen LogP contribution in [0.3, 0.4) is 0 Å². The van der Waals surface area contributed by atoms with Crippen LogP contribution in [0.4, 0.5) is 5.69 Å². The Morgan fingerprint density at radius 3 is 2.36 bits per heavy atom. The number of nitrogens with one attached hydrogen (secondary N) is 1. The molecule has 2 amide bonds. The van der Waals surface area contributed by atoms with Crippen LogP contribution >= 0.6 is 23.2 Å². The van der Waals surface area contributed by atoms with Crippen molar-refractivity contribution in [2.24, 2.45) is 0 Å². The lowest BCUT2D eigenvalue weighted by atomic mass is 9.95. The minimum atomic E-state index is -3.85. The number of carbonyl (C=O) groups is 2. The van der Waals surface area contributed by atoms with Crippen molar-refractivity contribution in [3.05, 3.63) is 76.3 Å². The maximum absolute atomic E-state index is 13.9. The third-order valence-electron chi connectivity index (χ3n) is 7.17. The fourth-order valence-corrected chi connectivity index (χ4v) is 6.19. The monoisotopic (exact) mass is 589 g/mol. The number of rotatable bonds is 9. The number of amides is 2. The molecule has 0 aliphatic heterocycles. The number of fused-ring (bicyclic) bond motifs is 1. The maximum atomic E-state index is 13.9. The first-order chi connectivity index (χ1) is 18.5. The molecular weight excluding hydrogens is 557 g/mol. The topological polar surface area (TPSA) is 86.8 Å². The first kappa shape index (κ1) is 29.2. The van der Waals surface area contributed by atoms with Gasteiger partial charge in [0, 0.05) is 18.0 Å². The van der Waals surface area contributed by atoms with Crippen LogP contribution in [0.15, 0.2) is 60.7 Å². The van der Waals surface area contributed by atoms with E-state index in [1.54, 1.807) is 37.3 Å². The van der Waals surface area contributed by atoms with Crippen molar-refractivity contribution < 1.29 is 18.0 Å². The van der Waals surface area contributed by atoms with Gasteiger partial charge in [-0.2, -0.15) is 0 Å². The Labute approximate surface area is 240 Å². The molecule has 0 spiro atoms. The number of nitrogens with zero attached hydrogens (tertiary/aromatic N) is 2. The van der Waals surface area contributed by atoms with Gasteiger partial charge in [-0.15, -0.1) is 0 Å². The van der Waals surface area contributed by atoms with Gasteiger partial charge in [0.2, 0.25) is 21.8 Å². The third-order valence-corrected chi connectivity index (χ3v) is 9.04. The molecule has 3 aromatic carbocycles. The van der Waals surface area contributed by atoms with Gasteiger partial charge in [-0.3, -0.25) is 13.9 Å². The third kappa shape index (κ3) is 7.24. The fourth-order valence-electron chi connectivity index (χ4n) is 5.01. The average molecular weight is 591 g/mol. The maximum Gasteiger partial charge on any atom is 0.244 e. The van der Waals surface area contributed by atoms with Crippen LogP contribution in [0, 0.1) is 0 Å². The highest BCUT2D eigenvalue weighted by Gasteiger charge is 2.31. The van der Waals surface area contributed by atoms with Gasteiger partial charge in [0.05, 0.1) is 22.0 Å². The minimum Gasteiger partial charge on any atom is -0.352 e. The second kappa shape index (κ2) is 12.6. The van der Waals surface area contributed by atoms with Crippen molar-refractivity contribution in [2.75, 3.05) is 17.1 Å². The van der Waals surface area contributed by atoms with E-state index in [1.807, 2.05) is 30.3 Å². The van der Waals surface area contributed by atoms with Crippen LogP contribution < -0.4 is 9.62 Å². The SMILES string of the molecule is C[C@@H](C(=O)NC1CCCCC1)N(Cc1ccc(Cl)c(Cl)c1)C(=O)CN(c1cccc2ccccc12)S(C)(=O)=O. The van der Waals surface area contributed by atoms with Gasteiger partial charge in [-0.1, -0.05) is 84.9 Å². The Hall–Kier alpha value is -2.81. The Balaban J connectivity index is 1.66. The lowest BCUT2D eigenvalue weighted by Gasteiger charge is -2.33. The first-order valence-electron chi connectivity index (χ1n) is 13.0. The number of carbonyl (C=O) groups excluding carboxylic acids is 2. The standard InChI is InChI=1S/C29H33Cl2N3O4S/c1-20(29(36)32-23-11-4-3-5-12-23)33(18-21-15-16-25(30)26(31)17-21)28(35)19-34(39(2,37)38)27-14-8-10-22-9-6-7-13-24(22)27/h6-10,13-17,20,23H,3-5,11-12,18-19H2,1-2H3,(H,32,36)/t20-/m0/s1. The Bertz CT molecular complexity index is 1450. The van der Waals surface area contributed by atoms with E-state index in [9.17, 15) is 18.0 Å². The summed E-state index contributed by atoms with van der Waals surface area (Å²) in [5, 5.41) is 5.35. The molecule has 39 heavy (non-hydrogen) atoms. The summed E-state index contributed by atoms with van der Waals surface area (Å²) in [6.45, 7) is 1.26. The van der Waals surface area contributed by atoms with Gasteiger partial charge >= 0.3 is 0 Å². The number of hydrogen-bond donors (Lipinski definition) is 1. The minimum absolute atomic E-state index is 0.0577. The Morgan fingerprint density at radius 1 is 0.974 bits per heavy atom. The fraction of sp³-hybridized carbons (Fsp3) is 0.379. The van der Waals surface area contributed by atoms with Crippen LogP contribution in [0.1, 0.15) is 44.6 Å². The van der Waals surface area contributed by atoms with Crippen molar-refractivity contribution in [3.8, 4) is 0 Å². The molecule has 3 aromatic rings. The van der Waals surface area contributed by atoms with E-state index < -0.39 is 28.5 Å². The van der Waals surface area contributed by atoms with Crippen LogP contribution in [0.2, 0.25) is 10.0 Å². The highest BCUT2D eigenvalue weighted by molar-refractivity contribution is 7.92. The van der Waals surface area contributed by atoms with E-state index in [1.165, 1.54) is 4.90 Å². The molecule has 1 aliphatic carbocycles. The highest BCUT2D eigenvalue weighted by atomic mass is 35.5. The molecule has 0 saturated heterocycles. The van der Waals surface area contributed by atoms with Gasteiger partial charge in [0.15, 0.2) is 0 Å². The second-order valence-corrected chi connectivity index (χ2v) is 12.8. The number of sulfonamides is 1. The molecule has 10 heteroatoms. The molecule has 1 N–H and O–H groups in total. The van der Waals surface area contributed by atoms with Gasteiger partial charge in [0.1, 0.15) is 12.6 Å². The summed E-state index contributed by atoms with van der Waals surface area (Å²) in [7, 11) is -3.85.